The van der Waals surface area contributed by atoms with Gasteiger partial charge >= 0.3 is 15.5 Å². The molecule has 0 aliphatic heterocycles. The third kappa shape index (κ3) is 5.27. The van der Waals surface area contributed by atoms with E-state index in [1.165, 1.54) is 23.8 Å². The van der Waals surface area contributed by atoms with E-state index in [9.17, 15) is 21.6 Å². The van der Waals surface area contributed by atoms with Gasteiger partial charge in [0.2, 0.25) is 0 Å². The average Bonchev–Trinajstić information content (AvgIpc) is 2.48. The number of hydrogen-bond donors (Lipinski definition) is 1. The third-order valence-corrected chi connectivity index (χ3v) is 4.50. The second-order valence-electron chi connectivity index (χ2n) is 4.96. The fraction of sp³-hybridized carbons (Fsp3) is 0.500. The molecule has 24 heavy (non-hydrogen) atoms. The summed E-state index contributed by atoms with van der Waals surface area (Å²) in [7, 11) is -5.55. The summed E-state index contributed by atoms with van der Waals surface area (Å²) in [6.45, 7) is 5.29. The molecule has 0 amide bonds. The minimum absolute atomic E-state index is 0.0984. The number of alkyl halides is 3. The Morgan fingerprint density at radius 2 is 1.92 bits per heavy atom. The molecule has 0 aromatic heterocycles. The first-order valence-electron chi connectivity index (χ1n) is 7.11. The molecule has 0 saturated carbocycles. The van der Waals surface area contributed by atoms with E-state index in [2.05, 4.69) is 5.16 Å². The number of sulfonamides is 1. The highest BCUT2D eigenvalue weighted by molar-refractivity contribution is 7.93. The van der Waals surface area contributed by atoms with Gasteiger partial charge in [-0.05, 0) is 38.0 Å². The number of anilines is 1. The largest absolute Gasteiger partial charge is 0.516 e. The van der Waals surface area contributed by atoms with Crippen LogP contribution in [-0.4, -0.2) is 25.7 Å². The van der Waals surface area contributed by atoms with Crippen molar-refractivity contribution in [3.63, 3.8) is 0 Å². The van der Waals surface area contributed by atoms with Crippen molar-refractivity contribution in [2.24, 2.45) is 5.16 Å². The molecule has 1 rings (SSSR count). The zero-order valence-corrected chi connectivity index (χ0v) is 14.9. The van der Waals surface area contributed by atoms with Gasteiger partial charge in [-0.15, -0.1) is 0 Å². The molecule has 0 spiro atoms. The van der Waals surface area contributed by atoms with Gasteiger partial charge < -0.3 is 4.84 Å². The zero-order chi connectivity index (χ0) is 18.5. The molecule has 1 N–H and O–H groups in total. The molecule has 0 atom stereocenters. The number of halogens is 4. The molecule has 10 heteroatoms. The summed E-state index contributed by atoms with van der Waals surface area (Å²) in [6.07, 6.45) is 1.27. The van der Waals surface area contributed by atoms with E-state index in [1.54, 1.807) is 0 Å². The predicted molar refractivity (Wildman–Crippen MR) is 87.7 cm³/mol. The van der Waals surface area contributed by atoms with Crippen LogP contribution in [-0.2, 0) is 14.9 Å². The number of benzene rings is 1. The maximum absolute atomic E-state index is 12.5. The Morgan fingerprint density at radius 1 is 1.33 bits per heavy atom. The van der Waals surface area contributed by atoms with E-state index in [4.69, 9.17) is 16.4 Å². The minimum atomic E-state index is -5.55. The highest BCUT2D eigenvalue weighted by Crippen LogP contribution is 2.29. The standard InChI is InChI=1S/C14H18ClF3N2O3S/c1-4-11(5-2)23-19-9(3)12-8-10(15)6-7-13(12)20-24(21,22)14(16,17)18/h6-8,11,20H,4-5H2,1-3H3. The van der Waals surface area contributed by atoms with E-state index in [0.717, 1.165) is 6.07 Å². The third-order valence-electron chi connectivity index (χ3n) is 3.17. The fourth-order valence-corrected chi connectivity index (χ4v) is 2.50. The molecule has 0 unspecified atom stereocenters. The molecular weight excluding hydrogens is 369 g/mol. The highest BCUT2D eigenvalue weighted by Gasteiger charge is 2.46. The molecule has 0 heterocycles. The summed E-state index contributed by atoms with van der Waals surface area (Å²) < 4.78 is 61.7. The van der Waals surface area contributed by atoms with Crippen molar-refractivity contribution in [1.29, 1.82) is 0 Å². The SMILES string of the molecule is CCC(CC)ON=C(C)c1cc(Cl)ccc1NS(=O)(=O)C(F)(F)F. The van der Waals surface area contributed by atoms with Crippen LogP contribution >= 0.6 is 11.6 Å². The van der Waals surface area contributed by atoms with Crippen molar-refractivity contribution in [2.45, 2.75) is 45.2 Å². The quantitative estimate of drug-likeness (QED) is 0.553. The van der Waals surface area contributed by atoms with Crippen molar-refractivity contribution in [3.05, 3.63) is 28.8 Å². The summed E-state index contributed by atoms with van der Waals surface area (Å²) in [5, 5.41) is 4.09. The van der Waals surface area contributed by atoms with E-state index in [0.29, 0.717) is 12.8 Å². The van der Waals surface area contributed by atoms with Gasteiger partial charge in [0.15, 0.2) is 0 Å². The first-order chi connectivity index (χ1) is 11.0. The Balaban J connectivity index is 3.20. The molecular formula is C14H18ClF3N2O3S. The number of hydrogen-bond acceptors (Lipinski definition) is 4. The Bertz CT molecular complexity index is 702. The maximum atomic E-state index is 12.5. The lowest BCUT2D eigenvalue weighted by Crippen LogP contribution is -2.30. The van der Waals surface area contributed by atoms with Crippen molar-refractivity contribution >= 4 is 33.0 Å². The normalized spacial score (nSPS) is 13.2. The summed E-state index contributed by atoms with van der Waals surface area (Å²) in [4.78, 5) is 5.29. The summed E-state index contributed by atoms with van der Waals surface area (Å²) >= 11 is 5.84. The second-order valence-corrected chi connectivity index (χ2v) is 7.07. The number of nitrogens with one attached hydrogen (secondary N) is 1. The van der Waals surface area contributed by atoms with Gasteiger partial charge in [0.1, 0.15) is 6.10 Å². The topological polar surface area (TPSA) is 67.8 Å². The average molecular weight is 387 g/mol. The summed E-state index contributed by atoms with van der Waals surface area (Å²) in [5.74, 6) is 0. The Kier molecular flexibility index (Phi) is 6.91. The van der Waals surface area contributed by atoms with Gasteiger partial charge in [0.05, 0.1) is 11.4 Å². The van der Waals surface area contributed by atoms with Crippen molar-refractivity contribution in [2.75, 3.05) is 4.72 Å². The molecule has 0 aliphatic carbocycles. The summed E-state index contributed by atoms with van der Waals surface area (Å²) in [6, 6.07) is 3.72. The first-order valence-corrected chi connectivity index (χ1v) is 8.97. The van der Waals surface area contributed by atoms with Gasteiger partial charge in [-0.2, -0.15) is 21.6 Å². The minimum Gasteiger partial charge on any atom is -0.392 e. The van der Waals surface area contributed by atoms with Crippen molar-refractivity contribution < 1.29 is 26.4 Å². The fourth-order valence-electron chi connectivity index (χ4n) is 1.75. The Hall–Kier alpha value is -1.48. The summed E-state index contributed by atoms with van der Waals surface area (Å²) in [5.41, 5.74) is -5.42. The lowest BCUT2D eigenvalue weighted by Gasteiger charge is -2.15. The molecule has 0 aliphatic rings. The van der Waals surface area contributed by atoms with Crippen LogP contribution in [0.25, 0.3) is 0 Å². The van der Waals surface area contributed by atoms with E-state index in [1.807, 2.05) is 13.8 Å². The van der Waals surface area contributed by atoms with E-state index >= 15 is 0 Å². The van der Waals surface area contributed by atoms with Crippen molar-refractivity contribution in [1.82, 2.24) is 0 Å². The predicted octanol–water partition coefficient (Wildman–Crippen LogP) is 4.53. The van der Waals surface area contributed by atoms with Crippen LogP contribution in [0.4, 0.5) is 18.9 Å². The van der Waals surface area contributed by atoms with Gasteiger partial charge in [0, 0.05) is 10.6 Å². The van der Waals surface area contributed by atoms with Crippen LogP contribution in [0, 0.1) is 0 Å². The molecule has 0 saturated heterocycles. The molecule has 1 aromatic carbocycles. The lowest BCUT2D eigenvalue weighted by atomic mass is 10.1. The second kappa shape index (κ2) is 8.06. The van der Waals surface area contributed by atoms with E-state index < -0.39 is 15.5 Å². The van der Waals surface area contributed by atoms with Crippen LogP contribution in [0.5, 0.6) is 0 Å². The van der Waals surface area contributed by atoms with Gasteiger partial charge in [0.25, 0.3) is 0 Å². The number of oxime groups is 1. The van der Waals surface area contributed by atoms with Crippen LogP contribution in [0.3, 0.4) is 0 Å². The monoisotopic (exact) mass is 386 g/mol. The van der Waals surface area contributed by atoms with Crippen LogP contribution in [0.1, 0.15) is 39.2 Å². The molecule has 1 aromatic rings. The van der Waals surface area contributed by atoms with Crippen LogP contribution in [0.15, 0.2) is 23.4 Å². The Labute approximate surface area is 143 Å². The highest BCUT2D eigenvalue weighted by atomic mass is 35.5. The van der Waals surface area contributed by atoms with Gasteiger partial charge in [-0.3, -0.25) is 4.72 Å². The first kappa shape index (κ1) is 20.6. The van der Waals surface area contributed by atoms with Crippen molar-refractivity contribution in [3.8, 4) is 0 Å². The molecule has 5 nitrogen and oxygen atoms in total. The Morgan fingerprint density at radius 3 is 2.42 bits per heavy atom. The maximum Gasteiger partial charge on any atom is 0.516 e. The molecule has 136 valence electrons. The van der Waals surface area contributed by atoms with Crippen LogP contribution < -0.4 is 4.72 Å². The van der Waals surface area contributed by atoms with Gasteiger partial charge in [-0.1, -0.05) is 30.6 Å². The van der Waals surface area contributed by atoms with Gasteiger partial charge in [-0.25, -0.2) is 0 Å². The molecule has 0 bridgehead atoms. The number of rotatable bonds is 7. The van der Waals surface area contributed by atoms with E-state index in [-0.39, 0.29) is 28.1 Å². The lowest BCUT2D eigenvalue weighted by molar-refractivity contribution is -0.0429. The molecule has 0 radical (unpaired) electrons. The molecule has 0 fully saturated rings. The van der Waals surface area contributed by atoms with Crippen LogP contribution in [0.2, 0.25) is 5.02 Å². The number of nitrogens with zero attached hydrogens (tertiary/aromatic N) is 1. The zero-order valence-electron chi connectivity index (χ0n) is 13.3. The smallest absolute Gasteiger partial charge is 0.392 e.